The molecule has 0 aliphatic carbocycles. The monoisotopic (exact) mass is 438 g/mol. The van der Waals surface area contributed by atoms with Crippen LogP contribution in [0.5, 0.6) is 5.75 Å². The average Bonchev–Trinajstić information content (AvgIpc) is 3.01. The summed E-state index contributed by atoms with van der Waals surface area (Å²) in [7, 11) is 2.68. The largest absolute Gasteiger partial charge is 0.496 e. The Morgan fingerprint density at radius 3 is 2.53 bits per heavy atom. The fourth-order valence-electron chi connectivity index (χ4n) is 3.73. The summed E-state index contributed by atoms with van der Waals surface area (Å²) in [6.45, 7) is 0.110. The molecule has 2 amide bonds. The molecule has 30 heavy (non-hydrogen) atoms. The number of thioether (sulfide) groups is 1. The van der Waals surface area contributed by atoms with Crippen LogP contribution in [-0.4, -0.2) is 43.7 Å². The van der Waals surface area contributed by atoms with Gasteiger partial charge in [-0.15, -0.1) is 11.8 Å². The first kappa shape index (κ1) is 22.0. The van der Waals surface area contributed by atoms with E-state index < -0.39 is 35.4 Å². The molecule has 0 saturated carbocycles. The maximum Gasteiger partial charge on any atom is 0.419 e. The molecule has 1 heterocycles. The number of nitrogens with one attached hydrogen (secondary N) is 1. The van der Waals surface area contributed by atoms with Gasteiger partial charge >= 0.3 is 6.18 Å². The Balaban J connectivity index is 2.01. The molecule has 0 unspecified atom stereocenters. The van der Waals surface area contributed by atoms with E-state index in [4.69, 9.17) is 4.74 Å². The number of likely N-dealkylation sites (tertiary alicyclic amines) is 1. The quantitative estimate of drug-likeness (QED) is 0.560. The van der Waals surface area contributed by atoms with Gasteiger partial charge in [-0.25, -0.2) is 0 Å². The van der Waals surface area contributed by atoms with E-state index in [0.717, 1.165) is 18.1 Å². The standard InChI is InChI=1S/C21H21F3N2O3S/c1-26-11-13(12-7-6-8-14(18(12)29-2)21(22,23)24)17(20(26)28)19(27)25-15-9-4-5-10-16(15)30-3/h4-10,13,17H,11H2,1-3H3,(H,25,27)/t13-,17+/m1/s1. The molecular weight excluding hydrogens is 417 g/mol. The highest BCUT2D eigenvalue weighted by atomic mass is 32.2. The van der Waals surface area contributed by atoms with Crippen LogP contribution in [0, 0.1) is 5.92 Å². The van der Waals surface area contributed by atoms with E-state index in [1.54, 1.807) is 12.1 Å². The van der Waals surface area contributed by atoms with Gasteiger partial charge in [0, 0.05) is 30.0 Å². The van der Waals surface area contributed by atoms with Gasteiger partial charge in [0.25, 0.3) is 0 Å². The van der Waals surface area contributed by atoms with Gasteiger partial charge in [0.05, 0.1) is 18.4 Å². The third-order valence-corrected chi connectivity index (χ3v) is 5.91. The lowest BCUT2D eigenvalue weighted by Gasteiger charge is -2.22. The maximum atomic E-state index is 13.4. The number of methoxy groups -OCH3 is 1. The zero-order chi connectivity index (χ0) is 22.1. The first-order valence-electron chi connectivity index (χ1n) is 9.12. The maximum absolute atomic E-state index is 13.4. The second-order valence-corrected chi connectivity index (χ2v) is 7.77. The molecule has 2 aromatic carbocycles. The smallest absolute Gasteiger partial charge is 0.419 e. The van der Waals surface area contributed by atoms with E-state index in [1.165, 1.54) is 35.8 Å². The lowest BCUT2D eigenvalue weighted by atomic mass is 9.86. The van der Waals surface area contributed by atoms with Gasteiger partial charge in [-0.3, -0.25) is 9.59 Å². The van der Waals surface area contributed by atoms with E-state index in [-0.39, 0.29) is 17.9 Å². The first-order valence-corrected chi connectivity index (χ1v) is 10.3. The number of para-hydroxylation sites is 2. The fourth-order valence-corrected chi connectivity index (χ4v) is 4.28. The summed E-state index contributed by atoms with van der Waals surface area (Å²) in [5.74, 6) is -3.31. The number of carbonyl (C=O) groups excluding carboxylic acids is 2. The molecule has 1 aliphatic rings. The van der Waals surface area contributed by atoms with Crippen LogP contribution in [0.1, 0.15) is 17.0 Å². The zero-order valence-electron chi connectivity index (χ0n) is 16.6. The van der Waals surface area contributed by atoms with Crippen molar-refractivity contribution in [1.29, 1.82) is 0 Å². The van der Waals surface area contributed by atoms with Crippen LogP contribution < -0.4 is 10.1 Å². The van der Waals surface area contributed by atoms with E-state index in [1.807, 2.05) is 18.4 Å². The van der Waals surface area contributed by atoms with E-state index in [0.29, 0.717) is 5.69 Å². The minimum absolute atomic E-state index is 0.110. The van der Waals surface area contributed by atoms with Crippen LogP contribution in [0.25, 0.3) is 0 Å². The Labute approximate surface area is 176 Å². The summed E-state index contributed by atoms with van der Waals surface area (Å²) in [5, 5.41) is 2.77. The lowest BCUT2D eigenvalue weighted by Crippen LogP contribution is -2.33. The van der Waals surface area contributed by atoms with Gasteiger partial charge in [-0.05, 0) is 24.5 Å². The van der Waals surface area contributed by atoms with Crippen LogP contribution in [0.4, 0.5) is 18.9 Å². The summed E-state index contributed by atoms with van der Waals surface area (Å²) in [5.41, 5.74) is -0.202. The van der Waals surface area contributed by atoms with Crippen molar-refractivity contribution in [2.24, 2.45) is 5.92 Å². The molecule has 0 spiro atoms. The van der Waals surface area contributed by atoms with Crippen LogP contribution in [0.3, 0.4) is 0 Å². The molecule has 1 fully saturated rings. The molecule has 0 bridgehead atoms. The Hall–Kier alpha value is -2.68. The second kappa shape index (κ2) is 8.59. The number of hydrogen-bond acceptors (Lipinski definition) is 4. The normalized spacial score (nSPS) is 19.1. The van der Waals surface area contributed by atoms with Crippen molar-refractivity contribution in [3.63, 3.8) is 0 Å². The number of hydrogen-bond donors (Lipinski definition) is 1. The Kier molecular flexibility index (Phi) is 6.30. The third kappa shape index (κ3) is 4.12. The fraction of sp³-hybridized carbons (Fsp3) is 0.333. The minimum atomic E-state index is -4.62. The SMILES string of the molecule is COc1c([C@H]2CN(C)C(=O)[C@@H]2C(=O)Nc2ccccc2SC)cccc1C(F)(F)F. The summed E-state index contributed by atoms with van der Waals surface area (Å²) in [6, 6.07) is 10.8. The highest BCUT2D eigenvalue weighted by molar-refractivity contribution is 7.98. The zero-order valence-corrected chi connectivity index (χ0v) is 17.4. The average molecular weight is 438 g/mol. The number of rotatable bonds is 5. The summed E-state index contributed by atoms with van der Waals surface area (Å²) in [6.07, 6.45) is -2.76. The molecule has 5 nitrogen and oxygen atoms in total. The van der Waals surface area contributed by atoms with Crippen molar-refractivity contribution in [3.8, 4) is 5.75 Å². The summed E-state index contributed by atoms with van der Waals surface area (Å²) < 4.78 is 45.4. The third-order valence-electron chi connectivity index (χ3n) is 5.12. The number of benzene rings is 2. The van der Waals surface area contributed by atoms with Crippen molar-refractivity contribution >= 4 is 29.3 Å². The van der Waals surface area contributed by atoms with E-state index >= 15 is 0 Å². The predicted molar refractivity (Wildman–Crippen MR) is 109 cm³/mol. The topological polar surface area (TPSA) is 58.6 Å². The van der Waals surface area contributed by atoms with Gasteiger partial charge < -0.3 is 15.0 Å². The number of nitrogens with zero attached hydrogens (tertiary/aromatic N) is 1. The number of halogens is 3. The van der Waals surface area contributed by atoms with E-state index in [9.17, 15) is 22.8 Å². The summed E-state index contributed by atoms with van der Waals surface area (Å²) >= 11 is 1.43. The molecule has 160 valence electrons. The predicted octanol–water partition coefficient (Wildman–Crippen LogP) is 4.25. The highest BCUT2D eigenvalue weighted by Crippen LogP contribution is 2.44. The molecule has 1 aliphatic heterocycles. The Morgan fingerprint density at radius 1 is 1.20 bits per heavy atom. The van der Waals surface area contributed by atoms with Crippen molar-refractivity contribution in [3.05, 3.63) is 53.6 Å². The van der Waals surface area contributed by atoms with Gasteiger partial charge in [0.15, 0.2) is 0 Å². The molecule has 1 N–H and O–H groups in total. The van der Waals surface area contributed by atoms with Crippen molar-refractivity contribution in [2.75, 3.05) is 32.3 Å². The molecule has 0 radical (unpaired) electrons. The van der Waals surface area contributed by atoms with Crippen LogP contribution >= 0.6 is 11.8 Å². The van der Waals surface area contributed by atoms with E-state index in [2.05, 4.69) is 5.32 Å². The van der Waals surface area contributed by atoms with Crippen molar-refractivity contribution in [2.45, 2.75) is 17.0 Å². The number of ether oxygens (including phenoxy) is 1. The Morgan fingerprint density at radius 2 is 1.90 bits per heavy atom. The summed E-state index contributed by atoms with van der Waals surface area (Å²) in [4.78, 5) is 28.0. The first-order chi connectivity index (χ1) is 14.2. The van der Waals surface area contributed by atoms with Gasteiger partial charge in [-0.1, -0.05) is 24.3 Å². The second-order valence-electron chi connectivity index (χ2n) is 6.92. The number of carbonyl (C=O) groups is 2. The number of likely N-dealkylation sites (N-methyl/N-ethyl adjacent to an activating group) is 1. The van der Waals surface area contributed by atoms with Gasteiger partial charge in [0.1, 0.15) is 11.7 Å². The highest BCUT2D eigenvalue weighted by Gasteiger charge is 2.46. The number of alkyl halides is 3. The molecule has 0 aromatic heterocycles. The van der Waals surface area contributed by atoms with Crippen LogP contribution in [-0.2, 0) is 15.8 Å². The molecule has 1 saturated heterocycles. The van der Waals surface area contributed by atoms with Crippen molar-refractivity contribution < 1.29 is 27.5 Å². The Bertz CT molecular complexity index is 965. The molecule has 9 heteroatoms. The van der Waals surface area contributed by atoms with Crippen molar-refractivity contribution in [1.82, 2.24) is 4.90 Å². The lowest BCUT2D eigenvalue weighted by molar-refractivity contribution is -0.139. The van der Waals surface area contributed by atoms with Crippen LogP contribution in [0.15, 0.2) is 47.4 Å². The molecule has 2 aromatic rings. The number of amides is 2. The molecule has 2 atom stereocenters. The van der Waals surface area contributed by atoms with Gasteiger partial charge in [-0.2, -0.15) is 13.2 Å². The van der Waals surface area contributed by atoms with Gasteiger partial charge in [0.2, 0.25) is 11.8 Å². The minimum Gasteiger partial charge on any atom is -0.496 e. The van der Waals surface area contributed by atoms with Crippen LogP contribution in [0.2, 0.25) is 0 Å². The molecular formula is C21H21F3N2O3S. The molecule has 3 rings (SSSR count). The number of anilines is 1.